The molecule has 0 amide bonds. The molecule has 3 aromatic rings. The van der Waals surface area contributed by atoms with Crippen molar-refractivity contribution >= 4 is 29.1 Å². The Hall–Kier alpha value is -3.46. The summed E-state index contributed by atoms with van der Waals surface area (Å²) >= 11 is 1.31. The zero-order valence-corrected chi connectivity index (χ0v) is 20.4. The Balaban J connectivity index is 1.94. The Morgan fingerprint density at radius 3 is 2.52 bits per heavy atom. The first-order valence-electron chi connectivity index (χ1n) is 10.7. The maximum absolute atomic E-state index is 13.6. The number of aromatic nitrogens is 3. The van der Waals surface area contributed by atoms with Crippen molar-refractivity contribution in [1.29, 1.82) is 0 Å². The van der Waals surface area contributed by atoms with Gasteiger partial charge in [0.15, 0.2) is 4.80 Å². The second-order valence-corrected chi connectivity index (χ2v) is 9.07. The molecule has 0 N–H and O–H groups in total. The van der Waals surface area contributed by atoms with Gasteiger partial charge in [0.1, 0.15) is 0 Å². The van der Waals surface area contributed by atoms with E-state index in [0.29, 0.717) is 20.6 Å². The molecule has 1 aliphatic rings. The third kappa shape index (κ3) is 3.93. The zero-order valence-electron chi connectivity index (χ0n) is 19.6. The van der Waals surface area contributed by atoms with Crippen LogP contribution in [-0.2, 0) is 16.1 Å². The van der Waals surface area contributed by atoms with Crippen LogP contribution in [-0.4, -0.2) is 41.5 Å². The van der Waals surface area contributed by atoms with Gasteiger partial charge >= 0.3 is 5.97 Å². The van der Waals surface area contributed by atoms with Crippen molar-refractivity contribution in [1.82, 2.24) is 14.3 Å². The van der Waals surface area contributed by atoms with Crippen LogP contribution in [0.15, 0.2) is 51.5 Å². The summed E-state index contributed by atoms with van der Waals surface area (Å²) in [5, 5.41) is 4.37. The lowest BCUT2D eigenvalue weighted by molar-refractivity contribution is -0.136. The molecule has 0 aliphatic carbocycles. The van der Waals surface area contributed by atoms with E-state index in [1.165, 1.54) is 18.4 Å². The predicted molar refractivity (Wildman–Crippen MR) is 129 cm³/mol. The highest BCUT2D eigenvalue weighted by molar-refractivity contribution is 7.07. The van der Waals surface area contributed by atoms with E-state index in [1.807, 2.05) is 67.9 Å². The first-order chi connectivity index (χ1) is 15.8. The summed E-state index contributed by atoms with van der Waals surface area (Å²) in [5.41, 5.74) is 4.43. The first-order valence-corrected chi connectivity index (χ1v) is 11.5. The van der Waals surface area contributed by atoms with Crippen LogP contribution in [0.1, 0.15) is 36.7 Å². The SMILES string of the molecule is CCn1ncc(/C=c2/sc3n(c2=O)C(c2ccc(N(C)C)cc2)C(C(=O)OC)=C(C)N=3)c1C. The van der Waals surface area contributed by atoms with Gasteiger partial charge in [0, 0.05) is 37.6 Å². The second-order valence-electron chi connectivity index (χ2n) is 8.06. The lowest BCUT2D eigenvalue weighted by atomic mass is 9.95. The minimum atomic E-state index is -0.619. The van der Waals surface area contributed by atoms with E-state index < -0.39 is 12.0 Å². The van der Waals surface area contributed by atoms with Gasteiger partial charge in [-0.25, -0.2) is 9.79 Å². The second kappa shape index (κ2) is 8.82. The lowest BCUT2D eigenvalue weighted by Gasteiger charge is -2.25. The molecule has 0 saturated heterocycles. The summed E-state index contributed by atoms with van der Waals surface area (Å²) in [6.07, 6.45) is 3.61. The van der Waals surface area contributed by atoms with Crippen molar-refractivity contribution in [3.8, 4) is 0 Å². The Bertz CT molecular complexity index is 1420. The van der Waals surface area contributed by atoms with Crippen molar-refractivity contribution in [3.63, 3.8) is 0 Å². The van der Waals surface area contributed by atoms with Crippen LogP contribution in [0, 0.1) is 6.92 Å². The molecule has 0 fully saturated rings. The number of benzene rings is 1. The molecule has 0 saturated carbocycles. The summed E-state index contributed by atoms with van der Waals surface area (Å²) in [6, 6.07) is 7.20. The molecule has 2 aromatic heterocycles. The number of esters is 1. The number of ether oxygens (including phenoxy) is 1. The molecule has 8 nitrogen and oxygen atoms in total. The van der Waals surface area contributed by atoms with Gasteiger partial charge in [-0.3, -0.25) is 14.0 Å². The molecule has 9 heteroatoms. The van der Waals surface area contributed by atoms with E-state index in [-0.39, 0.29) is 5.56 Å². The monoisotopic (exact) mass is 465 g/mol. The lowest BCUT2D eigenvalue weighted by Crippen LogP contribution is -2.39. The number of methoxy groups -OCH3 is 1. The molecule has 0 bridgehead atoms. The van der Waals surface area contributed by atoms with Crippen LogP contribution in [0.2, 0.25) is 0 Å². The molecule has 0 spiro atoms. The third-order valence-corrected chi connectivity index (χ3v) is 6.86. The van der Waals surface area contributed by atoms with Crippen LogP contribution in [0.25, 0.3) is 6.08 Å². The number of nitrogens with zero attached hydrogens (tertiary/aromatic N) is 5. The molecule has 172 valence electrons. The van der Waals surface area contributed by atoms with E-state index in [0.717, 1.165) is 29.1 Å². The minimum Gasteiger partial charge on any atom is -0.466 e. The average molecular weight is 466 g/mol. The third-order valence-electron chi connectivity index (χ3n) is 5.88. The fourth-order valence-electron chi connectivity index (χ4n) is 4.03. The fourth-order valence-corrected chi connectivity index (χ4v) is 5.06. The topological polar surface area (TPSA) is 81.7 Å². The van der Waals surface area contributed by atoms with Gasteiger partial charge in [0.05, 0.1) is 35.2 Å². The number of anilines is 1. The number of carbonyl (C=O) groups excluding carboxylic acids is 1. The number of allylic oxidation sites excluding steroid dienone is 1. The van der Waals surface area contributed by atoms with Crippen LogP contribution in [0.3, 0.4) is 0 Å². The summed E-state index contributed by atoms with van der Waals surface area (Å²) in [7, 11) is 5.27. The molecule has 1 aliphatic heterocycles. The number of hydrogen-bond acceptors (Lipinski definition) is 7. The molecule has 4 rings (SSSR count). The number of hydrogen-bond donors (Lipinski definition) is 0. The molecule has 0 radical (unpaired) electrons. The molecular weight excluding hydrogens is 438 g/mol. The molecule has 1 aromatic carbocycles. The van der Waals surface area contributed by atoms with Gasteiger partial charge in [-0.15, -0.1) is 0 Å². The van der Waals surface area contributed by atoms with Crippen LogP contribution < -0.4 is 19.8 Å². The Morgan fingerprint density at radius 2 is 1.94 bits per heavy atom. The van der Waals surface area contributed by atoms with E-state index >= 15 is 0 Å². The van der Waals surface area contributed by atoms with Gasteiger partial charge in [-0.2, -0.15) is 5.10 Å². The maximum atomic E-state index is 13.6. The van der Waals surface area contributed by atoms with Crippen molar-refractivity contribution in [2.45, 2.75) is 33.4 Å². The highest BCUT2D eigenvalue weighted by atomic mass is 32.1. The minimum absolute atomic E-state index is 0.196. The van der Waals surface area contributed by atoms with E-state index in [9.17, 15) is 9.59 Å². The van der Waals surface area contributed by atoms with Crippen molar-refractivity contribution < 1.29 is 9.53 Å². The van der Waals surface area contributed by atoms with Crippen molar-refractivity contribution in [2.24, 2.45) is 4.99 Å². The van der Waals surface area contributed by atoms with Crippen LogP contribution in [0.4, 0.5) is 5.69 Å². The van der Waals surface area contributed by atoms with Gasteiger partial charge in [0.2, 0.25) is 0 Å². The molecule has 1 atom stereocenters. The van der Waals surface area contributed by atoms with E-state index in [4.69, 9.17) is 4.74 Å². The smallest absolute Gasteiger partial charge is 0.338 e. The molecular formula is C24H27N5O3S. The van der Waals surface area contributed by atoms with Gasteiger partial charge in [-0.05, 0) is 44.5 Å². The van der Waals surface area contributed by atoms with Crippen LogP contribution >= 0.6 is 11.3 Å². The highest BCUT2D eigenvalue weighted by Gasteiger charge is 2.33. The number of rotatable bonds is 5. The van der Waals surface area contributed by atoms with Gasteiger partial charge in [0.25, 0.3) is 5.56 Å². The van der Waals surface area contributed by atoms with Gasteiger partial charge in [-0.1, -0.05) is 23.5 Å². The molecule has 1 unspecified atom stereocenters. The highest BCUT2D eigenvalue weighted by Crippen LogP contribution is 2.31. The fraction of sp³-hybridized carbons (Fsp3) is 0.333. The average Bonchev–Trinajstić information content (AvgIpc) is 3.31. The summed E-state index contributed by atoms with van der Waals surface area (Å²) in [5.74, 6) is -0.493. The number of thiazole rings is 1. The summed E-state index contributed by atoms with van der Waals surface area (Å²) < 4.78 is 9.09. The predicted octanol–water partition coefficient (Wildman–Crippen LogP) is 2.00. The van der Waals surface area contributed by atoms with Crippen LogP contribution in [0.5, 0.6) is 0 Å². The summed E-state index contributed by atoms with van der Waals surface area (Å²) in [4.78, 5) is 33.5. The normalized spacial score (nSPS) is 15.9. The maximum Gasteiger partial charge on any atom is 0.338 e. The largest absolute Gasteiger partial charge is 0.466 e. The Labute approximate surface area is 195 Å². The standard InChI is InChI=1S/C24H27N5O3S/c1-7-28-15(3)17(13-25-28)12-19-22(30)29-21(16-8-10-18(11-9-16)27(4)5)20(23(31)32-6)14(2)26-24(29)33-19/h8-13,21H,7H2,1-6H3/b19-12+. The summed E-state index contributed by atoms with van der Waals surface area (Å²) in [6.45, 7) is 6.54. The number of carbonyl (C=O) groups is 1. The number of aryl methyl sites for hydroxylation is 1. The zero-order chi connectivity index (χ0) is 23.9. The Morgan fingerprint density at radius 1 is 1.24 bits per heavy atom. The number of fused-ring (bicyclic) bond motifs is 1. The molecule has 33 heavy (non-hydrogen) atoms. The Kier molecular flexibility index (Phi) is 6.07. The van der Waals surface area contributed by atoms with Crippen molar-refractivity contribution in [2.75, 3.05) is 26.1 Å². The van der Waals surface area contributed by atoms with Crippen molar-refractivity contribution in [3.05, 3.63) is 78.2 Å². The van der Waals surface area contributed by atoms with E-state index in [1.54, 1.807) is 17.7 Å². The van der Waals surface area contributed by atoms with E-state index in [2.05, 4.69) is 10.1 Å². The quantitative estimate of drug-likeness (QED) is 0.539. The first kappa shape index (κ1) is 22.7. The molecule has 3 heterocycles. The van der Waals surface area contributed by atoms with Gasteiger partial charge < -0.3 is 9.64 Å².